The number of rotatable bonds is 1. The Kier molecular flexibility index (Phi) is 3.01. The van der Waals surface area contributed by atoms with Crippen LogP contribution in [0.1, 0.15) is 36.7 Å². The average molecular weight is 281 g/mol. The molecule has 1 aliphatic heterocycles. The van der Waals surface area contributed by atoms with E-state index in [0.29, 0.717) is 11.3 Å². The summed E-state index contributed by atoms with van der Waals surface area (Å²) in [4.78, 5) is 11.9. The minimum Gasteiger partial charge on any atom is -0.465 e. The van der Waals surface area contributed by atoms with Crippen molar-refractivity contribution >= 4 is 21.7 Å². The van der Waals surface area contributed by atoms with Crippen LogP contribution in [0.25, 0.3) is 0 Å². The monoisotopic (exact) mass is 281 g/mol. The summed E-state index contributed by atoms with van der Waals surface area (Å²) in [5.41, 5.74) is 0.503. The van der Waals surface area contributed by atoms with Crippen LogP contribution in [0.2, 0.25) is 0 Å². The summed E-state index contributed by atoms with van der Waals surface area (Å²) in [7, 11) is -2.46. The van der Waals surface area contributed by atoms with Gasteiger partial charge in [0.15, 0.2) is 0 Å². The molecule has 0 saturated carbocycles. The first kappa shape index (κ1) is 13.7. The fourth-order valence-electron chi connectivity index (χ4n) is 2.00. The van der Waals surface area contributed by atoms with Crippen LogP contribution in [-0.4, -0.2) is 27.2 Å². The van der Waals surface area contributed by atoms with Crippen LogP contribution in [0.5, 0.6) is 0 Å². The van der Waals surface area contributed by atoms with Crippen LogP contribution in [-0.2, 0) is 14.8 Å². The summed E-state index contributed by atoms with van der Waals surface area (Å²) in [6.45, 7) is 5.56. The molecule has 0 N–H and O–H groups in total. The first-order valence-electron chi connectivity index (χ1n) is 5.75. The van der Waals surface area contributed by atoms with Crippen LogP contribution in [0.3, 0.4) is 0 Å². The van der Waals surface area contributed by atoms with Crippen molar-refractivity contribution in [3.63, 3.8) is 0 Å². The topological polar surface area (TPSA) is 72.8 Å². The van der Waals surface area contributed by atoms with Crippen LogP contribution in [0.15, 0.2) is 27.5 Å². The highest BCUT2D eigenvalue weighted by molar-refractivity contribution is 7.90. The van der Waals surface area contributed by atoms with E-state index < -0.39 is 21.4 Å². The molecule has 19 heavy (non-hydrogen) atoms. The van der Waals surface area contributed by atoms with Crippen molar-refractivity contribution in [1.29, 1.82) is 0 Å². The molecule has 5 nitrogen and oxygen atoms in total. The zero-order valence-corrected chi connectivity index (χ0v) is 12.0. The molecule has 0 bridgehead atoms. The quantitative estimate of drug-likeness (QED) is 0.738. The zero-order chi connectivity index (χ0) is 14.4. The average Bonchev–Trinajstić information content (AvgIpc) is 2.60. The Morgan fingerprint density at radius 1 is 1.26 bits per heavy atom. The lowest BCUT2D eigenvalue weighted by atomic mass is 9.84. The van der Waals surface area contributed by atoms with E-state index in [2.05, 4.69) is 4.40 Å². The van der Waals surface area contributed by atoms with Crippen LogP contribution in [0, 0.1) is 5.41 Å². The Bertz CT molecular complexity index is 681. The van der Waals surface area contributed by atoms with Gasteiger partial charge in [0.05, 0.1) is 23.3 Å². The number of ether oxygens (including phenoxy) is 1. The minimum absolute atomic E-state index is 0.0697. The van der Waals surface area contributed by atoms with Gasteiger partial charge >= 0.3 is 5.97 Å². The highest BCUT2D eigenvalue weighted by Gasteiger charge is 2.38. The molecule has 0 aromatic heterocycles. The molecule has 6 heteroatoms. The molecule has 1 aromatic rings. The van der Waals surface area contributed by atoms with E-state index in [-0.39, 0.29) is 10.5 Å². The van der Waals surface area contributed by atoms with Crippen molar-refractivity contribution in [3.8, 4) is 0 Å². The summed E-state index contributed by atoms with van der Waals surface area (Å²) < 4.78 is 32.6. The van der Waals surface area contributed by atoms with Gasteiger partial charge < -0.3 is 4.74 Å². The number of carbonyl (C=O) groups is 1. The summed E-state index contributed by atoms with van der Waals surface area (Å²) >= 11 is 0. The molecule has 102 valence electrons. The Balaban J connectivity index is 2.82. The lowest BCUT2D eigenvalue weighted by molar-refractivity contribution is 0.0600. The third-order valence-electron chi connectivity index (χ3n) is 2.87. The number of benzene rings is 1. The second kappa shape index (κ2) is 4.16. The normalized spacial score (nSPS) is 16.7. The Labute approximate surface area is 112 Å². The van der Waals surface area contributed by atoms with Crippen molar-refractivity contribution in [1.82, 2.24) is 0 Å². The number of carbonyl (C=O) groups excluding carboxylic acids is 1. The molecule has 1 aromatic carbocycles. The van der Waals surface area contributed by atoms with E-state index in [4.69, 9.17) is 4.74 Å². The molecule has 0 fully saturated rings. The largest absolute Gasteiger partial charge is 0.465 e. The SMILES string of the molecule is COC(=O)c1cccc2c1C(C(C)(C)C)=NS2(=O)=O. The molecule has 0 atom stereocenters. The Morgan fingerprint density at radius 3 is 2.42 bits per heavy atom. The molecule has 0 aliphatic carbocycles. The summed E-state index contributed by atoms with van der Waals surface area (Å²) in [6, 6.07) is 4.52. The molecular formula is C13H15NO4S. The number of hydrogen-bond donors (Lipinski definition) is 0. The van der Waals surface area contributed by atoms with Gasteiger partial charge in [-0.05, 0) is 12.1 Å². The highest BCUT2D eigenvalue weighted by atomic mass is 32.2. The standard InChI is InChI=1S/C13H15NO4S/c1-13(2,3)11-10-8(12(15)18-4)6-5-7-9(10)19(16,17)14-11/h5-7H,1-4H3. The first-order valence-corrected chi connectivity index (χ1v) is 7.19. The van der Waals surface area contributed by atoms with Crippen molar-refractivity contribution in [2.75, 3.05) is 7.11 Å². The molecular weight excluding hydrogens is 266 g/mol. The third-order valence-corrected chi connectivity index (χ3v) is 4.19. The molecule has 1 heterocycles. The van der Waals surface area contributed by atoms with Crippen LogP contribution >= 0.6 is 0 Å². The van der Waals surface area contributed by atoms with Crippen molar-refractivity contribution in [2.45, 2.75) is 25.7 Å². The maximum atomic E-state index is 12.0. The third kappa shape index (κ3) is 2.16. The van der Waals surface area contributed by atoms with E-state index >= 15 is 0 Å². The second-order valence-corrected chi connectivity index (χ2v) is 6.91. The number of methoxy groups -OCH3 is 1. The Hall–Kier alpha value is -1.69. The Morgan fingerprint density at radius 2 is 1.89 bits per heavy atom. The number of sulfonamides is 1. The van der Waals surface area contributed by atoms with Gasteiger partial charge in [-0.15, -0.1) is 0 Å². The van der Waals surface area contributed by atoms with Crippen LogP contribution in [0.4, 0.5) is 0 Å². The van der Waals surface area contributed by atoms with E-state index in [0.717, 1.165) is 0 Å². The van der Waals surface area contributed by atoms with Gasteiger partial charge in [-0.1, -0.05) is 26.8 Å². The summed E-state index contributed by atoms with van der Waals surface area (Å²) in [5.74, 6) is -0.564. The number of hydrogen-bond acceptors (Lipinski definition) is 4. The molecule has 0 saturated heterocycles. The van der Waals surface area contributed by atoms with E-state index in [9.17, 15) is 13.2 Å². The van der Waals surface area contributed by atoms with Crippen molar-refractivity contribution < 1.29 is 17.9 Å². The fraction of sp³-hybridized carbons (Fsp3) is 0.385. The summed E-state index contributed by atoms with van der Waals surface area (Å²) in [5, 5.41) is 0. The van der Waals surface area contributed by atoms with Gasteiger partial charge in [-0.3, -0.25) is 0 Å². The molecule has 1 aliphatic rings. The molecule has 0 amide bonds. The van der Waals surface area contributed by atoms with Gasteiger partial charge in [0, 0.05) is 11.0 Å². The smallest absolute Gasteiger partial charge is 0.338 e. The van der Waals surface area contributed by atoms with E-state index in [1.165, 1.54) is 19.2 Å². The predicted octanol–water partition coefficient (Wildman–Crippen LogP) is 2.01. The zero-order valence-electron chi connectivity index (χ0n) is 11.2. The van der Waals surface area contributed by atoms with Crippen molar-refractivity contribution in [2.24, 2.45) is 9.81 Å². The highest BCUT2D eigenvalue weighted by Crippen LogP contribution is 2.36. The maximum Gasteiger partial charge on any atom is 0.338 e. The number of fused-ring (bicyclic) bond motifs is 1. The summed E-state index contributed by atoms with van der Waals surface area (Å²) in [6.07, 6.45) is 0. The van der Waals surface area contributed by atoms with Gasteiger partial charge in [0.1, 0.15) is 0 Å². The minimum atomic E-state index is -3.72. The first-order chi connectivity index (χ1) is 8.68. The molecule has 2 rings (SSSR count). The maximum absolute atomic E-state index is 12.0. The van der Waals surface area contributed by atoms with Gasteiger partial charge in [-0.2, -0.15) is 12.8 Å². The number of esters is 1. The van der Waals surface area contributed by atoms with Crippen LogP contribution < -0.4 is 0 Å². The van der Waals surface area contributed by atoms with E-state index in [1.807, 2.05) is 20.8 Å². The van der Waals surface area contributed by atoms with Gasteiger partial charge in [0.25, 0.3) is 10.0 Å². The molecule has 0 radical (unpaired) electrons. The molecule has 0 unspecified atom stereocenters. The van der Waals surface area contributed by atoms with Gasteiger partial charge in [0.2, 0.25) is 0 Å². The van der Waals surface area contributed by atoms with Crippen molar-refractivity contribution in [3.05, 3.63) is 29.3 Å². The fourth-order valence-corrected chi connectivity index (χ4v) is 3.42. The lowest BCUT2D eigenvalue weighted by Gasteiger charge is -2.19. The lowest BCUT2D eigenvalue weighted by Crippen LogP contribution is -2.22. The predicted molar refractivity (Wildman–Crippen MR) is 71.0 cm³/mol. The second-order valence-electron chi connectivity index (χ2n) is 5.34. The number of nitrogens with zero attached hydrogens (tertiary/aromatic N) is 1. The van der Waals surface area contributed by atoms with E-state index in [1.54, 1.807) is 6.07 Å². The van der Waals surface area contributed by atoms with Gasteiger partial charge in [-0.25, -0.2) is 4.79 Å². The molecule has 0 spiro atoms.